The summed E-state index contributed by atoms with van der Waals surface area (Å²) in [6, 6.07) is 14.1. The summed E-state index contributed by atoms with van der Waals surface area (Å²) < 4.78 is 26.1. The fourth-order valence-electron chi connectivity index (χ4n) is 4.18. The molecular weight excluding hydrogens is 476 g/mol. The maximum Gasteiger partial charge on any atom is 0.319 e. The minimum atomic E-state index is -3.84. The van der Waals surface area contributed by atoms with Crippen LogP contribution < -0.4 is 15.8 Å². The molecule has 2 aromatic heterocycles. The number of amides is 2. The van der Waals surface area contributed by atoms with E-state index in [1.165, 1.54) is 6.07 Å². The molecule has 0 saturated heterocycles. The summed E-state index contributed by atoms with van der Waals surface area (Å²) in [5.74, 6) is 0.918. The van der Waals surface area contributed by atoms with Crippen LogP contribution in [0, 0.1) is 6.92 Å². The van der Waals surface area contributed by atoms with Crippen LogP contribution in [-0.2, 0) is 23.0 Å². The van der Waals surface area contributed by atoms with Gasteiger partial charge in [0.1, 0.15) is 11.3 Å². The lowest BCUT2D eigenvalue weighted by molar-refractivity contribution is 0.252. The molecule has 0 atom stereocenters. The number of sulfonamides is 1. The number of carbonyl (C=O) groups is 1. The van der Waals surface area contributed by atoms with Gasteiger partial charge in [-0.05, 0) is 37.5 Å². The van der Waals surface area contributed by atoms with Gasteiger partial charge in [-0.25, -0.2) is 28.3 Å². The third-order valence-corrected chi connectivity index (χ3v) is 6.92. The molecule has 0 aliphatic heterocycles. The SMILES string of the molecule is CCCc1nc2c(C)c(NC(=O)NCC)cnc2n1Cc1ccc(-c2ccccc2S(N)(=O)=O)cc1. The molecule has 2 heterocycles. The predicted molar refractivity (Wildman–Crippen MR) is 141 cm³/mol. The zero-order chi connectivity index (χ0) is 25.9. The first-order valence-corrected chi connectivity index (χ1v) is 13.4. The minimum absolute atomic E-state index is 0.0975. The van der Waals surface area contributed by atoms with E-state index in [0.29, 0.717) is 24.3 Å². The Hall–Kier alpha value is -3.76. The molecule has 0 aliphatic carbocycles. The van der Waals surface area contributed by atoms with Crippen molar-refractivity contribution in [2.75, 3.05) is 11.9 Å². The van der Waals surface area contributed by atoms with Crippen molar-refractivity contribution in [3.05, 3.63) is 71.7 Å². The van der Waals surface area contributed by atoms with Crippen molar-refractivity contribution < 1.29 is 13.2 Å². The van der Waals surface area contributed by atoms with Crippen LogP contribution in [0.15, 0.2) is 59.6 Å². The van der Waals surface area contributed by atoms with Crippen molar-refractivity contribution in [2.24, 2.45) is 5.14 Å². The number of aromatic nitrogens is 3. The molecule has 188 valence electrons. The second kappa shape index (κ2) is 10.5. The van der Waals surface area contributed by atoms with Crippen molar-refractivity contribution in [1.29, 1.82) is 0 Å². The quantitative estimate of drug-likeness (QED) is 0.330. The molecule has 0 saturated carbocycles. The maximum absolute atomic E-state index is 12.0. The van der Waals surface area contributed by atoms with Crippen LogP contribution in [-0.4, -0.2) is 35.5 Å². The number of pyridine rings is 1. The minimum Gasteiger partial charge on any atom is -0.338 e. The summed E-state index contributed by atoms with van der Waals surface area (Å²) in [6.07, 6.45) is 3.37. The highest BCUT2D eigenvalue weighted by molar-refractivity contribution is 7.89. The van der Waals surface area contributed by atoms with Gasteiger partial charge in [-0.15, -0.1) is 0 Å². The molecule has 10 heteroatoms. The van der Waals surface area contributed by atoms with Crippen LogP contribution in [0.2, 0.25) is 0 Å². The van der Waals surface area contributed by atoms with E-state index < -0.39 is 10.0 Å². The molecule has 2 amide bonds. The zero-order valence-electron chi connectivity index (χ0n) is 20.6. The van der Waals surface area contributed by atoms with E-state index in [1.54, 1.807) is 24.4 Å². The fourth-order valence-corrected chi connectivity index (χ4v) is 4.94. The Morgan fingerprint density at radius 2 is 1.81 bits per heavy atom. The Labute approximate surface area is 210 Å². The number of hydrogen-bond donors (Lipinski definition) is 3. The third kappa shape index (κ3) is 5.24. The fraction of sp³-hybridized carbons (Fsp3) is 0.269. The molecule has 4 N–H and O–H groups in total. The molecule has 2 aromatic carbocycles. The summed E-state index contributed by atoms with van der Waals surface area (Å²) in [6.45, 7) is 6.97. The van der Waals surface area contributed by atoms with Crippen LogP contribution in [0.5, 0.6) is 0 Å². The predicted octanol–water partition coefficient (Wildman–Crippen LogP) is 4.20. The van der Waals surface area contributed by atoms with Gasteiger partial charge < -0.3 is 15.2 Å². The molecule has 0 unspecified atom stereocenters. The smallest absolute Gasteiger partial charge is 0.319 e. The van der Waals surface area contributed by atoms with Gasteiger partial charge in [-0.2, -0.15) is 0 Å². The van der Waals surface area contributed by atoms with Crippen molar-refractivity contribution in [1.82, 2.24) is 19.9 Å². The molecule has 0 spiro atoms. The Morgan fingerprint density at radius 1 is 1.08 bits per heavy atom. The van der Waals surface area contributed by atoms with Gasteiger partial charge >= 0.3 is 6.03 Å². The van der Waals surface area contributed by atoms with Crippen LogP contribution in [0.3, 0.4) is 0 Å². The summed E-state index contributed by atoms with van der Waals surface area (Å²) in [4.78, 5) is 21.6. The first-order chi connectivity index (χ1) is 17.2. The number of fused-ring (bicyclic) bond motifs is 1. The normalized spacial score (nSPS) is 11.6. The van der Waals surface area contributed by atoms with Crippen molar-refractivity contribution in [3.63, 3.8) is 0 Å². The number of anilines is 1. The first-order valence-electron chi connectivity index (χ1n) is 11.8. The Balaban J connectivity index is 1.68. The lowest BCUT2D eigenvalue weighted by atomic mass is 10.0. The molecule has 4 rings (SSSR count). The largest absolute Gasteiger partial charge is 0.338 e. The highest BCUT2D eigenvalue weighted by atomic mass is 32.2. The number of carbonyl (C=O) groups excluding carboxylic acids is 1. The van der Waals surface area contributed by atoms with E-state index >= 15 is 0 Å². The van der Waals surface area contributed by atoms with Gasteiger partial charge in [0.2, 0.25) is 10.0 Å². The summed E-state index contributed by atoms with van der Waals surface area (Å²) in [7, 11) is -3.84. The summed E-state index contributed by atoms with van der Waals surface area (Å²) in [5.41, 5.74) is 5.34. The third-order valence-electron chi connectivity index (χ3n) is 5.95. The average molecular weight is 507 g/mol. The second-order valence-electron chi connectivity index (χ2n) is 8.56. The summed E-state index contributed by atoms with van der Waals surface area (Å²) >= 11 is 0. The lowest BCUT2D eigenvalue weighted by Gasteiger charge is -2.12. The van der Waals surface area contributed by atoms with Crippen LogP contribution in [0.4, 0.5) is 10.5 Å². The second-order valence-corrected chi connectivity index (χ2v) is 10.1. The van der Waals surface area contributed by atoms with E-state index in [1.807, 2.05) is 38.1 Å². The standard InChI is InChI=1S/C26H30N6O3S/c1-4-8-23-31-24-17(3)21(30-26(33)28-5-2)15-29-25(24)32(23)16-18-11-13-19(14-12-18)20-9-6-7-10-22(20)36(27,34)35/h6-7,9-15H,4-5,8,16H2,1-3H3,(H2,27,34,35)(H2,28,30,33). The molecule has 9 nitrogen and oxygen atoms in total. The van der Waals surface area contributed by atoms with Gasteiger partial charge in [-0.3, -0.25) is 0 Å². The number of nitrogens with zero attached hydrogens (tertiary/aromatic N) is 3. The van der Waals surface area contributed by atoms with Crippen LogP contribution in [0.1, 0.15) is 37.2 Å². The monoisotopic (exact) mass is 506 g/mol. The van der Waals surface area contributed by atoms with Gasteiger partial charge in [0.05, 0.1) is 23.3 Å². The maximum atomic E-state index is 12.0. The van der Waals surface area contributed by atoms with Gasteiger partial charge in [0.25, 0.3) is 0 Å². The average Bonchev–Trinajstić information content (AvgIpc) is 3.19. The molecule has 0 radical (unpaired) electrons. The molecule has 0 bridgehead atoms. The van der Waals surface area contributed by atoms with E-state index in [4.69, 9.17) is 10.1 Å². The molecular formula is C26H30N6O3S. The Bertz CT molecular complexity index is 1510. The molecule has 0 fully saturated rings. The number of primary sulfonamides is 1. The van der Waals surface area contributed by atoms with Gasteiger partial charge in [-0.1, -0.05) is 49.4 Å². The van der Waals surface area contributed by atoms with E-state index in [-0.39, 0.29) is 10.9 Å². The van der Waals surface area contributed by atoms with Crippen molar-refractivity contribution in [2.45, 2.75) is 45.1 Å². The Kier molecular flexibility index (Phi) is 7.37. The topological polar surface area (TPSA) is 132 Å². The highest BCUT2D eigenvalue weighted by Crippen LogP contribution is 2.28. The zero-order valence-corrected chi connectivity index (χ0v) is 21.4. The number of benzene rings is 2. The number of urea groups is 1. The number of imidazole rings is 1. The van der Waals surface area contributed by atoms with E-state index in [2.05, 4.69) is 27.1 Å². The van der Waals surface area contributed by atoms with Gasteiger partial charge in [0.15, 0.2) is 5.65 Å². The molecule has 4 aromatic rings. The number of rotatable bonds is 8. The molecule has 36 heavy (non-hydrogen) atoms. The van der Waals surface area contributed by atoms with E-state index in [0.717, 1.165) is 46.5 Å². The van der Waals surface area contributed by atoms with E-state index in [9.17, 15) is 13.2 Å². The highest BCUT2D eigenvalue weighted by Gasteiger charge is 2.18. The van der Waals surface area contributed by atoms with Crippen LogP contribution >= 0.6 is 0 Å². The Morgan fingerprint density at radius 3 is 2.47 bits per heavy atom. The number of nitrogens with two attached hydrogens (primary N) is 1. The number of aryl methyl sites for hydroxylation is 2. The number of hydrogen-bond acceptors (Lipinski definition) is 5. The summed E-state index contributed by atoms with van der Waals surface area (Å²) in [5, 5.41) is 11.0. The van der Waals surface area contributed by atoms with Crippen LogP contribution in [0.25, 0.3) is 22.3 Å². The number of nitrogens with one attached hydrogen (secondary N) is 2. The van der Waals surface area contributed by atoms with Crippen molar-refractivity contribution in [3.8, 4) is 11.1 Å². The molecule has 0 aliphatic rings. The van der Waals surface area contributed by atoms with Gasteiger partial charge in [0, 0.05) is 24.1 Å². The van der Waals surface area contributed by atoms with Crippen molar-refractivity contribution >= 4 is 32.9 Å². The first kappa shape index (κ1) is 25.3. The lowest BCUT2D eigenvalue weighted by Crippen LogP contribution is -2.28.